The normalized spacial score (nSPS) is 16.4. The Bertz CT molecular complexity index is 412. The Labute approximate surface area is 106 Å². The van der Waals surface area contributed by atoms with Crippen molar-refractivity contribution in [3.8, 4) is 0 Å². The van der Waals surface area contributed by atoms with Crippen LogP contribution in [0.15, 0.2) is 5.38 Å². The molecule has 3 nitrogen and oxygen atoms in total. The van der Waals surface area contributed by atoms with Crippen molar-refractivity contribution in [3.63, 3.8) is 0 Å². The van der Waals surface area contributed by atoms with E-state index in [1.165, 1.54) is 23.3 Å². The summed E-state index contributed by atoms with van der Waals surface area (Å²) in [6.07, 6.45) is 4.10. The fraction of sp³-hybridized carbons (Fsp3) is 0.615. The molecule has 1 amide bonds. The summed E-state index contributed by atoms with van der Waals surface area (Å²) in [6.45, 7) is 2.09. The monoisotopic (exact) mass is 253 g/mol. The van der Waals surface area contributed by atoms with E-state index in [4.69, 9.17) is 0 Å². The lowest BCUT2D eigenvalue weighted by molar-refractivity contribution is 0.0703. The molecular formula is C13H19NO2S. The summed E-state index contributed by atoms with van der Waals surface area (Å²) in [5.74, 6) is 0.0466. The van der Waals surface area contributed by atoms with Crippen molar-refractivity contribution < 1.29 is 9.90 Å². The number of likely N-dealkylation sites (N-methyl/N-ethyl adjacent to an activating group) is 1. The second-order valence-electron chi connectivity index (χ2n) is 4.79. The molecule has 1 N–H and O–H groups in total. The minimum absolute atomic E-state index is 0.0466. The minimum atomic E-state index is -0.474. The summed E-state index contributed by atoms with van der Waals surface area (Å²) in [5, 5.41) is 11.3. The Balaban J connectivity index is 2.16. The molecule has 0 saturated heterocycles. The van der Waals surface area contributed by atoms with Gasteiger partial charge in [0.25, 0.3) is 5.91 Å². The van der Waals surface area contributed by atoms with Gasteiger partial charge in [-0.25, -0.2) is 0 Å². The van der Waals surface area contributed by atoms with E-state index in [1.54, 1.807) is 30.2 Å². The lowest BCUT2D eigenvalue weighted by atomic mass is 9.95. The van der Waals surface area contributed by atoms with E-state index in [-0.39, 0.29) is 5.91 Å². The summed E-state index contributed by atoms with van der Waals surface area (Å²) in [5.41, 5.74) is 2.11. The SMILES string of the molecule is CC(O)CN(C)C(=O)c1csc2c1CCCC2. The lowest BCUT2D eigenvalue weighted by Crippen LogP contribution is -2.33. The summed E-state index contributed by atoms with van der Waals surface area (Å²) in [7, 11) is 1.75. The lowest BCUT2D eigenvalue weighted by Gasteiger charge is -2.20. The maximum absolute atomic E-state index is 12.2. The number of aryl methyl sites for hydroxylation is 1. The van der Waals surface area contributed by atoms with Crippen LogP contribution in [0.5, 0.6) is 0 Å². The highest BCUT2D eigenvalue weighted by Gasteiger charge is 2.22. The number of hydrogen-bond acceptors (Lipinski definition) is 3. The van der Waals surface area contributed by atoms with Crippen LogP contribution in [-0.2, 0) is 12.8 Å². The van der Waals surface area contributed by atoms with Gasteiger partial charge in [0, 0.05) is 23.8 Å². The number of nitrogens with zero attached hydrogens (tertiary/aromatic N) is 1. The highest BCUT2D eigenvalue weighted by molar-refractivity contribution is 7.10. The highest BCUT2D eigenvalue weighted by Crippen LogP contribution is 2.30. The summed E-state index contributed by atoms with van der Waals surface area (Å²) in [6, 6.07) is 0. The van der Waals surface area contributed by atoms with Gasteiger partial charge in [-0.1, -0.05) is 0 Å². The van der Waals surface area contributed by atoms with Crippen molar-refractivity contribution in [2.45, 2.75) is 38.7 Å². The molecule has 2 rings (SSSR count). The van der Waals surface area contributed by atoms with E-state index >= 15 is 0 Å². The average Bonchev–Trinajstić information content (AvgIpc) is 2.70. The molecule has 1 aliphatic carbocycles. The van der Waals surface area contributed by atoms with E-state index < -0.39 is 6.10 Å². The zero-order valence-corrected chi connectivity index (χ0v) is 11.2. The molecule has 1 atom stereocenters. The fourth-order valence-corrected chi connectivity index (χ4v) is 3.48. The Morgan fingerprint density at radius 1 is 1.53 bits per heavy atom. The molecule has 17 heavy (non-hydrogen) atoms. The van der Waals surface area contributed by atoms with Crippen LogP contribution in [0, 0.1) is 0 Å². The Hall–Kier alpha value is -0.870. The minimum Gasteiger partial charge on any atom is -0.392 e. The van der Waals surface area contributed by atoms with Gasteiger partial charge in [-0.15, -0.1) is 11.3 Å². The molecule has 1 unspecified atom stereocenters. The van der Waals surface area contributed by atoms with Crippen LogP contribution in [0.4, 0.5) is 0 Å². The number of aliphatic hydroxyl groups excluding tert-OH is 1. The molecule has 0 spiro atoms. The van der Waals surface area contributed by atoms with E-state index in [2.05, 4.69) is 0 Å². The third kappa shape index (κ3) is 2.69. The molecule has 1 heterocycles. The number of amides is 1. The Morgan fingerprint density at radius 2 is 2.24 bits per heavy atom. The van der Waals surface area contributed by atoms with Crippen molar-refractivity contribution in [2.75, 3.05) is 13.6 Å². The number of aliphatic hydroxyl groups is 1. The topological polar surface area (TPSA) is 40.5 Å². The zero-order valence-electron chi connectivity index (χ0n) is 10.4. The summed E-state index contributed by atoms with van der Waals surface area (Å²) >= 11 is 1.71. The standard InChI is InChI=1S/C13H19NO2S/c1-9(15)7-14(2)13(16)11-8-17-12-6-4-3-5-10(11)12/h8-9,15H,3-7H2,1-2H3. The molecule has 4 heteroatoms. The van der Waals surface area contributed by atoms with Gasteiger partial charge in [-0.2, -0.15) is 0 Å². The number of fused-ring (bicyclic) bond motifs is 1. The first-order valence-electron chi connectivity index (χ1n) is 6.12. The molecule has 0 bridgehead atoms. The fourth-order valence-electron chi connectivity index (χ4n) is 2.36. The zero-order chi connectivity index (χ0) is 12.4. The van der Waals surface area contributed by atoms with Crippen LogP contribution in [0.3, 0.4) is 0 Å². The Kier molecular flexibility index (Phi) is 3.84. The second kappa shape index (κ2) is 5.19. The average molecular weight is 253 g/mol. The van der Waals surface area contributed by atoms with Crippen LogP contribution >= 0.6 is 11.3 Å². The van der Waals surface area contributed by atoms with E-state index in [9.17, 15) is 9.90 Å². The molecular weight excluding hydrogens is 234 g/mol. The molecule has 94 valence electrons. The van der Waals surface area contributed by atoms with E-state index in [0.717, 1.165) is 18.4 Å². The van der Waals surface area contributed by atoms with Crippen molar-refractivity contribution in [2.24, 2.45) is 0 Å². The van der Waals surface area contributed by atoms with Crippen LogP contribution in [-0.4, -0.2) is 35.6 Å². The quantitative estimate of drug-likeness (QED) is 0.896. The second-order valence-corrected chi connectivity index (χ2v) is 5.76. The largest absolute Gasteiger partial charge is 0.392 e. The van der Waals surface area contributed by atoms with Crippen LogP contribution in [0.25, 0.3) is 0 Å². The molecule has 1 aliphatic rings. The predicted octanol–water partition coefficient (Wildman–Crippen LogP) is 2.08. The van der Waals surface area contributed by atoms with Crippen LogP contribution < -0.4 is 0 Å². The van der Waals surface area contributed by atoms with Gasteiger partial charge >= 0.3 is 0 Å². The smallest absolute Gasteiger partial charge is 0.254 e. The van der Waals surface area contributed by atoms with Gasteiger partial charge in [0.05, 0.1) is 11.7 Å². The molecule has 1 aromatic rings. The molecule has 0 aliphatic heterocycles. The summed E-state index contributed by atoms with van der Waals surface area (Å²) < 4.78 is 0. The van der Waals surface area contributed by atoms with Crippen molar-refractivity contribution in [1.29, 1.82) is 0 Å². The molecule has 0 saturated carbocycles. The third-order valence-electron chi connectivity index (χ3n) is 3.18. The molecule has 0 aromatic carbocycles. The first kappa shape index (κ1) is 12.6. The Morgan fingerprint density at radius 3 is 2.94 bits per heavy atom. The van der Waals surface area contributed by atoms with Crippen LogP contribution in [0.1, 0.15) is 40.6 Å². The molecule has 0 fully saturated rings. The molecule has 1 aromatic heterocycles. The number of hydrogen-bond donors (Lipinski definition) is 1. The maximum atomic E-state index is 12.2. The van der Waals surface area contributed by atoms with E-state index in [1.807, 2.05) is 5.38 Å². The van der Waals surface area contributed by atoms with Crippen molar-refractivity contribution in [3.05, 3.63) is 21.4 Å². The number of carbonyl (C=O) groups is 1. The summed E-state index contributed by atoms with van der Waals surface area (Å²) in [4.78, 5) is 15.2. The van der Waals surface area contributed by atoms with Gasteiger partial charge in [-0.05, 0) is 38.2 Å². The number of rotatable bonds is 3. The first-order chi connectivity index (χ1) is 8.09. The van der Waals surface area contributed by atoms with Gasteiger partial charge < -0.3 is 10.0 Å². The van der Waals surface area contributed by atoms with Gasteiger partial charge in [0.2, 0.25) is 0 Å². The van der Waals surface area contributed by atoms with E-state index in [0.29, 0.717) is 6.54 Å². The van der Waals surface area contributed by atoms with Gasteiger partial charge in [0.15, 0.2) is 0 Å². The van der Waals surface area contributed by atoms with Crippen LogP contribution in [0.2, 0.25) is 0 Å². The predicted molar refractivity (Wildman–Crippen MR) is 69.6 cm³/mol. The van der Waals surface area contributed by atoms with Gasteiger partial charge in [-0.3, -0.25) is 4.79 Å². The number of carbonyl (C=O) groups excluding carboxylic acids is 1. The first-order valence-corrected chi connectivity index (χ1v) is 7.00. The van der Waals surface area contributed by atoms with Gasteiger partial charge in [0.1, 0.15) is 0 Å². The number of thiophene rings is 1. The van der Waals surface area contributed by atoms with Crippen molar-refractivity contribution in [1.82, 2.24) is 4.90 Å². The molecule has 0 radical (unpaired) electrons. The van der Waals surface area contributed by atoms with Crippen molar-refractivity contribution >= 4 is 17.2 Å². The maximum Gasteiger partial charge on any atom is 0.254 e. The highest BCUT2D eigenvalue weighted by atomic mass is 32.1. The third-order valence-corrected chi connectivity index (χ3v) is 4.27.